The zero-order chi connectivity index (χ0) is 17.9. The van der Waals surface area contributed by atoms with Gasteiger partial charge in [-0.1, -0.05) is 0 Å². The maximum atomic E-state index is 12.2. The van der Waals surface area contributed by atoms with Gasteiger partial charge in [-0.05, 0) is 30.7 Å². The van der Waals surface area contributed by atoms with Crippen LogP contribution in [0.5, 0.6) is 0 Å². The van der Waals surface area contributed by atoms with Crippen LogP contribution in [0.15, 0.2) is 57.3 Å². The van der Waals surface area contributed by atoms with E-state index in [4.69, 9.17) is 4.42 Å². The molecule has 3 aromatic heterocycles. The molecule has 8 heteroatoms. The Morgan fingerprint density at radius 3 is 3.08 bits per heavy atom. The summed E-state index contributed by atoms with van der Waals surface area (Å²) in [5.41, 5.74) is 3.43. The highest BCUT2D eigenvalue weighted by molar-refractivity contribution is 7.13. The molecule has 26 heavy (non-hydrogen) atoms. The van der Waals surface area contributed by atoms with E-state index in [0.29, 0.717) is 29.6 Å². The van der Waals surface area contributed by atoms with Crippen LogP contribution in [-0.2, 0) is 11.2 Å². The van der Waals surface area contributed by atoms with Crippen LogP contribution < -0.4 is 11.1 Å². The van der Waals surface area contributed by atoms with E-state index in [2.05, 4.69) is 20.3 Å². The van der Waals surface area contributed by atoms with Gasteiger partial charge in [-0.15, -0.1) is 11.3 Å². The number of carbonyl (C=O) groups excluding carboxylic acids is 1. The summed E-state index contributed by atoms with van der Waals surface area (Å²) < 4.78 is 4.99. The Balaban J connectivity index is 1.37. The van der Waals surface area contributed by atoms with Gasteiger partial charge in [0.25, 0.3) is 0 Å². The maximum absolute atomic E-state index is 12.2. The molecule has 0 atom stereocenters. The minimum absolute atomic E-state index is 0.127. The van der Waals surface area contributed by atoms with E-state index >= 15 is 0 Å². The first kappa shape index (κ1) is 16.2. The molecular weight excluding hydrogens is 352 g/mol. The molecule has 3 heterocycles. The minimum atomic E-state index is -0.517. The Morgan fingerprint density at radius 1 is 1.31 bits per heavy atom. The number of amides is 1. The number of rotatable bonds is 5. The van der Waals surface area contributed by atoms with Crippen molar-refractivity contribution in [2.45, 2.75) is 12.8 Å². The molecule has 0 fully saturated rings. The summed E-state index contributed by atoms with van der Waals surface area (Å²) in [7, 11) is 0. The van der Waals surface area contributed by atoms with Crippen molar-refractivity contribution in [2.24, 2.45) is 0 Å². The Labute approximate surface area is 151 Å². The largest absolute Gasteiger partial charge is 0.417 e. The highest BCUT2D eigenvalue weighted by atomic mass is 32.1. The van der Waals surface area contributed by atoms with Gasteiger partial charge in [0.2, 0.25) is 5.91 Å². The number of aromatic amines is 1. The Morgan fingerprint density at radius 2 is 2.23 bits per heavy atom. The predicted molar refractivity (Wildman–Crippen MR) is 99.1 cm³/mol. The minimum Gasteiger partial charge on any atom is -0.408 e. The molecule has 1 aromatic carbocycles. The van der Waals surface area contributed by atoms with Crippen molar-refractivity contribution in [3.63, 3.8) is 0 Å². The lowest BCUT2D eigenvalue weighted by molar-refractivity contribution is -0.116. The number of aromatic nitrogens is 3. The zero-order valence-corrected chi connectivity index (χ0v) is 14.4. The maximum Gasteiger partial charge on any atom is 0.417 e. The fourth-order valence-electron chi connectivity index (χ4n) is 2.53. The highest BCUT2D eigenvalue weighted by Gasteiger charge is 2.09. The summed E-state index contributed by atoms with van der Waals surface area (Å²) in [5.74, 6) is -0.644. The first-order valence-electron chi connectivity index (χ1n) is 7.95. The number of benzene rings is 1. The molecule has 0 bridgehead atoms. The second-order valence-electron chi connectivity index (χ2n) is 5.66. The van der Waals surface area contributed by atoms with E-state index in [-0.39, 0.29) is 5.91 Å². The summed E-state index contributed by atoms with van der Waals surface area (Å²) in [4.78, 5) is 34.5. The number of thiazole rings is 1. The smallest absolute Gasteiger partial charge is 0.408 e. The number of carbonyl (C=O) groups is 1. The van der Waals surface area contributed by atoms with Crippen molar-refractivity contribution < 1.29 is 9.21 Å². The number of hydrogen-bond donors (Lipinski definition) is 2. The zero-order valence-electron chi connectivity index (χ0n) is 13.6. The second kappa shape index (κ2) is 6.93. The summed E-state index contributed by atoms with van der Waals surface area (Å²) in [5, 5.41) is 5.65. The van der Waals surface area contributed by atoms with Crippen molar-refractivity contribution in [3.05, 3.63) is 64.4 Å². The first-order chi connectivity index (χ1) is 12.7. The fourth-order valence-corrected chi connectivity index (χ4v) is 3.38. The van der Waals surface area contributed by atoms with E-state index in [9.17, 15) is 9.59 Å². The number of pyridine rings is 1. The number of nitrogens with one attached hydrogen (secondary N) is 2. The number of H-pyrrole nitrogens is 1. The van der Waals surface area contributed by atoms with Gasteiger partial charge in [0.1, 0.15) is 5.01 Å². The molecule has 0 unspecified atom stereocenters. The van der Waals surface area contributed by atoms with Crippen LogP contribution in [0.1, 0.15) is 12.1 Å². The van der Waals surface area contributed by atoms with Gasteiger partial charge in [0, 0.05) is 41.5 Å². The number of nitrogens with zero attached hydrogens (tertiary/aromatic N) is 2. The summed E-state index contributed by atoms with van der Waals surface area (Å²) in [6.07, 6.45) is 4.35. The van der Waals surface area contributed by atoms with Crippen molar-refractivity contribution >= 4 is 34.0 Å². The molecule has 0 aliphatic rings. The molecule has 2 N–H and O–H groups in total. The van der Waals surface area contributed by atoms with Gasteiger partial charge in [-0.25, -0.2) is 9.78 Å². The lowest BCUT2D eigenvalue weighted by atomic mass is 10.2. The number of anilines is 1. The standard InChI is InChI=1S/C18H14N4O3S/c23-16(20-12-3-5-14-15(8-12)25-18(24)22-14)6-4-13-10-26-17(21-13)11-2-1-7-19-9-11/h1-3,5,7-10H,4,6H2,(H,20,23)(H,22,24). The van der Waals surface area contributed by atoms with Crippen LogP contribution in [0.4, 0.5) is 5.69 Å². The van der Waals surface area contributed by atoms with Crippen LogP contribution >= 0.6 is 11.3 Å². The summed E-state index contributed by atoms with van der Waals surface area (Å²) >= 11 is 1.53. The van der Waals surface area contributed by atoms with Crippen molar-refractivity contribution in [1.82, 2.24) is 15.0 Å². The molecular formula is C18H14N4O3S. The first-order valence-corrected chi connectivity index (χ1v) is 8.83. The number of hydrogen-bond acceptors (Lipinski definition) is 6. The van der Waals surface area contributed by atoms with Crippen LogP contribution in [0.25, 0.3) is 21.7 Å². The van der Waals surface area contributed by atoms with Gasteiger partial charge in [-0.2, -0.15) is 0 Å². The van der Waals surface area contributed by atoms with E-state index < -0.39 is 5.76 Å². The molecule has 130 valence electrons. The van der Waals surface area contributed by atoms with Crippen LogP contribution in [0, 0.1) is 0 Å². The van der Waals surface area contributed by atoms with Gasteiger partial charge in [0.05, 0.1) is 11.2 Å². The normalized spacial score (nSPS) is 10.9. The van der Waals surface area contributed by atoms with Crippen molar-refractivity contribution in [1.29, 1.82) is 0 Å². The molecule has 0 saturated carbocycles. The number of aryl methyl sites for hydroxylation is 1. The topological polar surface area (TPSA) is 101 Å². The van der Waals surface area contributed by atoms with Crippen LogP contribution in [-0.4, -0.2) is 20.9 Å². The van der Waals surface area contributed by atoms with Gasteiger partial charge >= 0.3 is 5.76 Å². The van der Waals surface area contributed by atoms with E-state index in [1.54, 1.807) is 30.6 Å². The molecule has 0 saturated heterocycles. The molecule has 0 aliphatic heterocycles. The molecule has 0 radical (unpaired) electrons. The average molecular weight is 366 g/mol. The molecule has 0 spiro atoms. The molecule has 0 aliphatic carbocycles. The lowest BCUT2D eigenvalue weighted by Crippen LogP contribution is -2.12. The average Bonchev–Trinajstić information content (AvgIpc) is 3.26. The Hall–Kier alpha value is -3.26. The summed E-state index contributed by atoms with van der Waals surface area (Å²) in [6.45, 7) is 0. The van der Waals surface area contributed by atoms with Gasteiger partial charge in [-0.3, -0.25) is 14.8 Å². The number of fused-ring (bicyclic) bond motifs is 1. The summed E-state index contributed by atoms with van der Waals surface area (Å²) in [6, 6.07) is 8.85. The Bertz CT molecular complexity index is 1110. The third-order valence-corrected chi connectivity index (χ3v) is 4.71. The predicted octanol–water partition coefficient (Wildman–Crippen LogP) is 3.21. The fraction of sp³-hybridized carbons (Fsp3) is 0.111. The van der Waals surface area contributed by atoms with Crippen LogP contribution in [0.2, 0.25) is 0 Å². The quantitative estimate of drug-likeness (QED) is 0.565. The Kier molecular flexibility index (Phi) is 4.32. The second-order valence-corrected chi connectivity index (χ2v) is 6.52. The van der Waals surface area contributed by atoms with E-state index in [1.165, 1.54) is 11.3 Å². The SMILES string of the molecule is O=C(CCc1csc(-c2cccnc2)n1)Nc1ccc2[nH]c(=O)oc2c1. The molecule has 4 rings (SSSR count). The molecule has 4 aromatic rings. The van der Waals surface area contributed by atoms with E-state index in [0.717, 1.165) is 16.3 Å². The molecule has 7 nitrogen and oxygen atoms in total. The third-order valence-electron chi connectivity index (χ3n) is 3.77. The van der Waals surface area contributed by atoms with E-state index in [1.807, 2.05) is 17.5 Å². The van der Waals surface area contributed by atoms with Gasteiger partial charge in [0.15, 0.2) is 5.58 Å². The number of oxazole rings is 1. The van der Waals surface area contributed by atoms with Gasteiger partial charge < -0.3 is 9.73 Å². The van der Waals surface area contributed by atoms with Crippen LogP contribution in [0.3, 0.4) is 0 Å². The van der Waals surface area contributed by atoms with Crippen molar-refractivity contribution in [2.75, 3.05) is 5.32 Å². The third kappa shape index (κ3) is 3.55. The van der Waals surface area contributed by atoms with Crippen molar-refractivity contribution in [3.8, 4) is 10.6 Å². The monoisotopic (exact) mass is 366 g/mol. The highest BCUT2D eigenvalue weighted by Crippen LogP contribution is 2.23. The molecule has 1 amide bonds. The lowest BCUT2D eigenvalue weighted by Gasteiger charge is -2.04.